The summed E-state index contributed by atoms with van der Waals surface area (Å²) >= 11 is 0. The molecule has 1 aliphatic rings. The second-order valence-corrected chi connectivity index (χ2v) is 6.91. The molecule has 0 bridgehead atoms. The Labute approximate surface area is 163 Å². The van der Waals surface area contributed by atoms with E-state index in [0.29, 0.717) is 31.7 Å². The first-order valence-electron chi connectivity index (χ1n) is 9.45. The number of amides is 3. The summed E-state index contributed by atoms with van der Waals surface area (Å²) in [4.78, 5) is 38.0. The molecule has 1 aromatic heterocycles. The van der Waals surface area contributed by atoms with Gasteiger partial charge in [0.15, 0.2) is 0 Å². The molecule has 0 unspecified atom stereocenters. The zero-order valence-corrected chi connectivity index (χ0v) is 16.2. The van der Waals surface area contributed by atoms with Gasteiger partial charge in [-0.1, -0.05) is 6.07 Å². The molecule has 1 fully saturated rings. The largest absolute Gasteiger partial charge is 0.346 e. The minimum Gasteiger partial charge on any atom is -0.346 e. The summed E-state index contributed by atoms with van der Waals surface area (Å²) in [5.74, 6) is -1.37. The third-order valence-electron chi connectivity index (χ3n) is 4.66. The van der Waals surface area contributed by atoms with E-state index in [1.54, 1.807) is 27.8 Å². The molecule has 148 valence electrons. The lowest BCUT2D eigenvalue weighted by Gasteiger charge is -2.27. The van der Waals surface area contributed by atoms with Gasteiger partial charge in [0, 0.05) is 36.6 Å². The average Bonchev–Trinajstić information content (AvgIpc) is 2.99. The van der Waals surface area contributed by atoms with Crippen molar-refractivity contribution in [1.29, 1.82) is 0 Å². The quantitative estimate of drug-likeness (QED) is 0.769. The Morgan fingerprint density at radius 3 is 2.68 bits per heavy atom. The third kappa shape index (κ3) is 4.76. The maximum absolute atomic E-state index is 12.2. The van der Waals surface area contributed by atoms with Gasteiger partial charge in [-0.05, 0) is 51.0 Å². The number of nitrogens with zero attached hydrogens (tertiary/aromatic N) is 3. The van der Waals surface area contributed by atoms with Crippen LogP contribution in [0.25, 0.3) is 0 Å². The fourth-order valence-electron chi connectivity index (χ4n) is 3.28. The summed E-state index contributed by atoms with van der Waals surface area (Å²) in [6.07, 6.45) is 2.40. The molecular formula is C20H25N5O3. The van der Waals surface area contributed by atoms with Crippen LogP contribution in [0.3, 0.4) is 0 Å². The predicted octanol–water partition coefficient (Wildman–Crippen LogP) is 1.77. The molecule has 0 radical (unpaired) electrons. The van der Waals surface area contributed by atoms with Crippen LogP contribution >= 0.6 is 0 Å². The first-order valence-corrected chi connectivity index (χ1v) is 9.45. The lowest BCUT2D eigenvalue weighted by Crippen LogP contribution is -2.37. The standard InChI is InChI=1S/C20H25N5O3/c1-14-12-15(2)25(23-14)11-9-21-19(27)20(28)22-16-6-5-7-17(13-16)24-10-4-3-8-18(24)26/h5-7,12-13H,3-4,8-11H2,1-2H3,(H,21,27)(H,22,28). The number of rotatable bonds is 5. The second kappa shape index (κ2) is 8.69. The molecule has 1 saturated heterocycles. The molecule has 28 heavy (non-hydrogen) atoms. The van der Waals surface area contributed by atoms with Crippen LogP contribution in [0.2, 0.25) is 0 Å². The van der Waals surface area contributed by atoms with Crippen LogP contribution in [0.4, 0.5) is 11.4 Å². The van der Waals surface area contributed by atoms with Gasteiger partial charge in [-0.15, -0.1) is 0 Å². The zero-order valence-electron chi connectivity index (χ0n) is 16.2. The zero-order chi connectivity index (χ0) is 20.1. The number of nitrogens with one attached hydrogen (secondary N) is 2. The van der Waals surface area contributed by atoms with Crippen molar-refractivity contribution < 1.29 is 14.4 Å². The van der Waals surface area contributed by atoms with Crippen LogP contribution in [-0.4, -0.2) is 40.6 Å². The molecule has 1 aliphatic heterocycles. The van der Waals surface area contributed by atoms with E-state index in [-0.39, 0.29) is 5.91 Å². The third-order valence-corrected chi connectivity index (χ3v) is 4.66. The van der Waals surface area contributed by atoms with Gasteiger partial charge >= 0.3 is 11.8 Å². The van der Waals surface area contributed by atoms with Gasteiger partial charge in [-0.2, -0.15) is 5.10 Å². The molecule has 0 aliphatic carbocycles. The Bertz CT molecular complexity index is 890. The van der Waals surface area contributed by atoms with Crippen LogP contribution in [-0.2, 0) is 20.9 Å². The molecule has 8 nitrogen and oxygen atoms in total. The van der Waals surface area contributed by atoms with E-state index in [1.807, 2.05) is 26.0 Å². The normalized spacial score (nSPS) is 14.1. The maximum atomic E-state index is 12.2. The van der Waals surface area contributed by atoms with Crippen LogP contribution in [0.15, 0.2) is 30.3 Å². The number of anilines is 2. The summed E-state index contributed by atoms with van der Waals surface area (Å²) < 4.78 is 1.78. The molecule has 8 heteroatoms. The fourth-order valence-corrected chi connectivity index (χ4v) is 3.28. The number of carbonyl (C=O) groups excluding carboxylic acids is 3. The van der Waals surface area contributed by atoms with Gasteiger partial charge in [0.1, 0.15) is 0 Å². The SMILES string of the molecule is Cc1cc(C)n(CCNC(=O)C(=O)Nc2cccc(N3CCCCC3=O)c2)n1. The number of hydrogen-bond donors (Lipinski definition) is 2. The smallest absolute Gasteiger partial charge is 0.313 e. The Hall–Kier alpha value is -3.16. The first-order chi connectivity index (χ1) is 13.4. The fraction of sp³-hybridized carbons (Fsp3) is 0.400. The van der Waals surface area contributed by atoms with Gasteiger partial charge in [-0.25, -0.2) is 0 Å². The van der Waals surface area contributed by atoms with E-state index in [0.717, 1.165) is 29.9 Å². The van der Waals surface area contributed by atoms with Crippen molar-refractivity contribution in [3.8, 4) is 0 Å². The molecule has 2 aromatic rings. The van der Waals surface area contributed by atoms with E-state index < -0.39 is 11.8 Å². The number of aryl methyl sites for hydroxylation is 2. The van der Waals surface area contributed by atoms with E-state index in [4.69, 9.17) is 0 Å². The highest BCUT2D eigenvalue weighted by Gasteiger charge is 2.20. The van der Waals surface area contributed by atoms with Crippen molar-refractivity contribution in [2.75, 3.05) is 23.3 Å². The van der Waals surface area contributed by atoms with Crippen LogP contribution in [0.5, 0.6) is 0 Å². The number of piperidine rings is 1. The minimum absolute atomic E-state index is 0.0802. The lowest BCUT2D eigenvalue weighted by molar-refractivity contribution is -0.136. The van der Waals surface area contributed by atoms with Gasteiger partial charge in [-0.3, -0.25) is 19.1 Å². The molecule has 0 saturated carbocycles. The topological polar surface area (TPSA) is 96.3 Å². The van der Waals surface area contributed by atoms with Crippen LogP contribution < -0.4 is 15.5 Å². The average molecular weight is 383 g/mol. The van der Waals surface area contributed by atoms with Gasteiger partial charge in [0.2, 0.25) is 5.91 Å². The Kier molecular flexibility index (Phi) is 6.08. The molecule has 3 rings (SSSR count). The maximum Gasteiger partial charge on any atom is 0.313 e. The van der Waals surface area contributed by atoms with Crippen LogP contribution in [0, 0.1) is 13.8 Å². The summed E-state index contributed by atoms with van der Waals surface area (Å²) in [6, 6.07) is 8.94. The van der Waals surface area contributed by atoms with E-state index in [2.05, 4.69) is 15.7 Å². The summed E-state index contributed by atoms with van der Waals surface area (Å²) in [6.45, 7) is 5.31. The van der Waals surface area contributed by atoms with Crippen molar-refractivity contribution >= 4 is 29.1 Å². The van der Waals surface area contributed by atoms with Gasteiger partial charge in [0.25, 0.3) is 0 Å². The summed E-state index contributed by atoms with van der Waals surface area (Å²) in [5, 5.41) is 9.50. The predicted molar refractivity (Wildman–Crippen MR) is 106 cm³/mol. The van der Waals surface area contributed by atoms with E-state index in [9.17, 15) is 14.4 Å². The number of carbonyl (C=O) groups is 3. The molecule has 0 atom stereocenters. The van der Waals surface area contributed by atoms with Gasteiger partial charge in [0.05, 0.1) is 12.2 Å². The first kappa shape index (κ1) is 19.6. The molecule has 0 spiro atoms. The van der Waals surface area contributed by atoms with Crippen molar-refractivity contribution in [2.45, 2.75) is 39.7 Å². The van der Waals surface area contributed by atoms with Crippen molar-refractivity contribution in [3.05, 3.63) is 41.7 Å². The summed E-state index contributed by atoms with van der Waals surface area (Å²) in [5.41, 5.74) is 3.12. The van der Waals surface area contributed by atoms with E-state index >= 15 is 0 Å². The number of benzene rings is 1. The monoisotopic (exact) mass is 383 g/mol. The Morgan fingerprint density at radius 2 is 1.96 bits per heavy atom. The molecule has 3 amide bonds. The van der Waals surface area contributed by atoms with E-state index in [1.165, 1.54) is 0 Å². The lowest BCUT2D eigenvalue weighted by atomic mass is 10.1. The minimum atomic E-state index is -0.740. The highest BCUT2D eigenvalue weighted by Crippen LogP contribution is 2.23. The van der Waals surface area contributed by atoms with Crippen molar-refractivity contribution in [1.82, 2.24) is 15.1 Å². The molecule has 2 N–H and O–H groups in total. The Morgan fingerprint density at radius 1 is 1.14 bits per heavy atom. The summed E-state index contributed by atoms with van der Waals surface area (Å²) in [7, 11) is 0. The number of hydrogen-bond acceptors (Lipinski definition) is 4. The van der Waals surface area contributed by atoms with Crippen molar-refractivity contribution in [2.24, 2.45) is 0 Å². The number of aromatic nitrogens is 2. The highest BCUT2D eigenvalue weighted by atomic mass is 16.2. The molecule has 1 aromatic carbocycles. The molecule has 2 heterocycles. The Balaban J connectivity index is 1.53. The highest BCUT2D eigenvalue weighted by molar-refractivity contribution is 6.39. The van der Waals surface area contributed by atoms with Gasteiger partial charge < -0.3 is 15.5 Å². The molecular weight excluding hydrogens is 358 g/mol. The van der Waals surface area contributed by atoms with Crippen molar-refractivity contribution in [3.63, 3.8) is 0 Å². The second-order valence-electron chi connectivity index (χ2n) is 6.91. The van der Waals surface area contributed by atoms with Crippen LogP contribution in [0.1, 0.15) is 30.7 Å².